The van der Waals surface area contributed by atoms with Crippen LogP contribution in [0.2, 0.25) is 0 Å². The number of nitrogens with zero attached hydrogens (tertiary/aromatic N) is 3. The molecule has 1 aromatic heterocycles. The van der Waals surface area contributed by atoms with Crippen LogP contribution in [0.15, 0.2) is 23.4 Å². The number of hydrogen-bond acceptors (Lipinski definition) is 5. The lowest BCUT2D eigenvalue weighted by molar-refractivity contribution is 0.590. The zero-order valence-electron chi connectivity index (χ0n) is 10.7. The molecule has 1 N–H and O–H groups in total. The lowest BCUT2D eigenvalue weighted by Gasteiger charge is -2.11. The molecular formula is C13H10F2N4S. The summed E-state index contributed by atoms with van der Waals surface area (Å²) in [6.07, 6.45) is 1.77. The summed E-state index contributed by atoms with van der Waals surface area (Å²) < 4.78 is 27.2. The van der Waals surface area contributed by atoms with E-state index in [1.807, 2.05) is 6.07 Å². The number of anilines is 2. The summed E-state index contributed by atoms with van der Waals surface area (Å²) in [7, 11) is 0. The van der Waals surface area contributed by atoms with Gasteiger partial charge in [0, 0.05) is 0 Å². The highest BCUT2D eigenvalue weighted by Gasteiger charge is 2.15. The SMILES string of the molecule is CSc1nc(C)c(C#N)c(Nc2c(F)cccc2F)n1. The van der Waals surface area contributed by atoms with Gasteiger partial charge in [0.1, 0.15) is 29.0 Å². The van der Waals surface area contributed by atoms with E-state index in [2.05, 4.69) is 15.3 Å². The number of nitriles is 1. The molecule has 0 aliphatic carbocycles. The van der Waals surface area contributed by atoms with Crippen LogP contribution in [0.25, 0.3) is 0 Å². The lowest BCUT2D eigenvalue weighted by atomic mass is 10.2. The Bertz CT molecular complexity index is 677. The molecule has 0 aliphatic rings. The van der Waals surface area contributed by atoms with Gasteiger partial charge in [0.2, 0.25) is 0 Å². The van der Waals surface area contributed by atoms with Crippen molar-refractivity contribution in [2.24, 2.45) is 0 Å². The maximum absolute atomic E-state index is 13.6. The summed E-state index contributed by atoms with van der Waals surface area (Å²) in [5.74, 6) is -1.42. The van der Waals surface area contributed by atoms with Crippen LogP contribution in [-0.4, -0.2) is 16.2 Å². The highest BCUT2D eigenvalue weighted by molar-refractivity contribution is 7.98. The van der Waals surface area contributed by atoms with Crippen LogP contribution in [0, 0.1) is 29.9 Å². The molecule has 1 aromatic carbocycles. The smallest absolute Gasteiger partial charge is 0.189 e. The number of thioether (sulfide) groups is 1. The number of aromatic nitrogens is 2. The van der Waals surface area contributed by atoms with E-state index in [0.717, 1.165) is 12.1 Å². The topological polar surface area (TPSA) is 61.6 Å². The van der Waals surface area contributed by atoms with Crippen LogP contribution in [0.3, 0.4) is 0 Å². The maximum atomic E-state index is 13.6. The van der Waals surface area contributed by atoms with Gasteiger partial charge >= 0.3 is 0 Å². The van der Waals surface area contributed by atoms with E-state index in [-0.39, 0.29) is 17.1 Å². The number of hydrogen-bond donors (Lipinski definition) is 1. The first-order valence-corrected chi connectivity index (χ1v) is 6.83. The Morgan fingerprint density at radius 2 is 1.90 bits per heavy atom. The third-order valence-corrected chi connectivity index (χ3v) is 3.12. The van der Waals surface area contributed by atoms with E-state index in [1.165, 1.54) is 17.8 Å². The second kappa shape index (κ2) is 5.84. The molecule has 0 amide bonds. The van der Waals surface area contributed by atoms with Crippen molar-refractivity contribution >= 4 is 23.3 Å². The molecule has 0 spiro atoms. The molecule has 0 bridgehead atoms. The fourth-order valence-corrected chi connectivity index (χ4v) is 2.01. The Hall–Kier alpha value is -2.20. The van der Waals surface area contributed by atoms with Gasteiger partial charge in [0.05, 0.1) is 5.69 Å². The first kappa shape index (κ1) is 14.2. The molecule has 0 unspecified atom stereocenters. The van der Waals surface area contributed by atoms with E-state index in [1.54, 1.807) is 13.2 Å². The third-order valence-electron chi connectivity index (χ3n) is 2.57. The highest BCUT2D eigenvalue weighted by atomic mass is 32.2. The predicted molar refractivity (Wildman–Crippen MR) is 72.9 cm³/mol. The van der Waals surface area contributed by atoms with Crippen molar-refractivity contribution < 1.29 is 8.78 Å². The third kappa shape index (κ3) is 2.70. The first-order chi connectivity index (χ1) is 9.56. The minimum atomic E-state index is -0.754. The zero-order chi connectivity index (χ0) is 14.7. The molecule has 1 heterocycles. The minimum Gasteiger partial charge on any atom is -0.334 e. The van der Waals surface area contributed by atoms with E-state index >= 15 is 0 Å². The number of para-hydroxylation sites is 1. The van der Waals surface area contributed by atoms with Crippen LogP contribution in [-0.2, 0) is 0 Å². The van der Waals surface area contributed by atoms with Crippen molar-refractivity contribution in [2.45, 2.75) is 12.1 Å². The van der Waals surface area contributed by atoms with Gasteiger partial charge in [0.25, 0.3) is 0 Å². The predicted octanol–water partition coefficient (Wildman–Crippen LogP) is 3.40. The maximum Gasteiger partial charge on any atom is 0.189 e. The van der Waals surface area contributed by atoms with E-state index in [4.69, 9.17) is 5.26 Å². The van der Waals surface area contributed by atoms with Crippen LogP contribution in [0.1, 0.15) is 11.3 Å². The summed E-state index contributed by atoms with van der Waals surface area (Å²) in [6.45, 7) is 1.64. The minimum absolute atomic E-state index is 0.0911. The second-order valence-corrected chi connectivity index (χ2v) is 4.63. The van der Waals surface area contributed by atoms with Crippen LogP contribution in [0.4, 0.5) is 20.3 Å². The number of aryl methyl sites for hydroxylation is 1. The van der Waals surface area contributed by atoms with E-state index in [0.29, 0.717) is 10.9 Å². The molecule has 0 atom stereocenters. The normalized spacial score (nSPS) is 10.2. The molecule has 0 fully saturated rings. The van der Waals surface area contributed by atoms with E-state index in [9.17, 15) is 8.78 Å². The summed E-state index contributed by atoms with van der Waals surface area (Å²) in [5.41, 5.74) is 0.269. The molecule has 0 aliphatic heterocycles. The largest absolute Gasteiger partial charge is 0.334 e. The number of nitrogens with one attached hydrogen (secondary N) is 1. The molecule has 0 saturated heterocycles. The average molecular weight is 292 g/mol. The van der Waals surface area contributed by atoms with Crippen LogP contribution >= 0.6 is 11.8 Å². The monoisotopic (exact) mass is 292 g/mol. The first-order valence-electron chi connectivity index (χ1n) is 5.60. The van der Waals surface area contributed by atoms with Crippen LogP contribution < -0.4 is 5.32 Å². The quantitative estimate of drug-likeness (QED) is 0.694. The Kier molecular flexibility index (Phi) is 4.15. The van der Waals surface area contributed by atoms with Crippen molar-refractivity contribution in [3.63, 3.8) is 0 Å². The van der Waals surface area contributed by atoms with Crippen molar-refractivity contribution in [3.8, 4) is 6.07 Å². The average Bonchev–Trinajstić information content (AvgIpc) is 2.42. The van der Waals surface area contributed by atoms with Crippen LogP contribution in [0.5, 0.6) is 0 Å². The molecule has 20 heavy (non-hydrogen) atoms. The molecule has 102 valence electrons. The molecule has 0 saturated carbocycles. The van der Waals surface area contributed by atoms with Gasteiger partial charge in [-0.25, -0.2) is 18.7 Å². The Morgan fingerprint density at radius 1 is 1.25 bits per heavy atom. The Morgan fingerprint density at radius 3 is 2.45 bits per heavy atom. The number of halogens is 2. The fourth-order valence-electron chi connectivity index (χ4n) is 1.60. The molecule has 2 aromatic rings. The van der Waals surface area contributed by atoms with Crippen molar-refractivity contribution in [3.05, 3.63) is 41.1 Å². The summed E-state index contributed by atoms with van der Waals surface area (Å²) in [6, 6.07) is 5.45. The Balaban J connectivity index is 2.53. The van der Waals surface area contributed by atoms with E-state index < -0.39 is 11.6 Å². The molecule has 4 nitrogen and oxygen atoms in total. The fraction of sp³-hybridized carbons (Fsp3) is 0.154. The van der Waals surface area contributed by atoms with Gasteiger partial charge in [-0.15, -0.1) is 0 Å². The van der Waals surface area contributed by atoms with Gasteiger partial charge < -0.3 is 5.32 Å². The molecular weight excluding hydrogens is 282 g/mol. The van der Waals surface area contributed by atoms with Crippen molar-refractivity contribution in [2.75, 3.05) is 11.6 Å². The highest BCUT2D eigenvalue weighted by Crippen LogP contribution is 2.26. The molecule has 7 heteroatoms. The molecule has 2 rings (SSSR count). The molecule has 0 radical (unpaired) electrons. The van der Waals surface area contributed by atoms with Gasteiger partial charge in [-0.2, -0.15) is 5.26 Å². The van der Waals surface area contributed by atoms with Gasteiger partial charge in [-0.1, -0.05) is 17.8 Å². The van der Waals surface area contributed by atoms with Crippen molar-refractivity contribution in [1.82, 2.24) is 9.97 Å². The summed E-state index contributed by atoms with van der Waals surface area (Å²) >= 11 is 1.28. The van der Waals surface area contributed by atoms with Gasteiger partial charge in [-0.3, -0.25) is 0 Å². The zero-order valence-corrected chi connectivity index (χ0v) is 11.6. The standard InChI is InChI=1S/C13H10F2N4S/c1-7-8(6-16)12(19-13(17-7)20-2)18-11-9(14)4-3-5-10(11)15/h3-5H,1-2H3,(H,17,18,19). The van der Waals surface area contributed by atoms with Gasteiger partial charge in [-0.05, 0) is 25.3 Å². The number of rotatable bonds is 3. The second-order valence-electron chi connectivity index (χ2n) is 3.85. The Labute approximate surface area is 118 Å². The summed E-state index contributed by atoms with van der Waals surface area (Å²) in [4.78, 5) is 8.20. The van der Waals surface area contributed by atoms with Gasteiger partial charge in [0.15, 0.2) is 11.0 Å². The summed E-state index contributed by atoms with van der Waals surface area (Å²) in [5, 5.41) is 12.1. The van der Waals surface area contributed by atoms with Crippen molar-refractivity contribution in [1.29, 1.82) is 5.26 Å². The lowest BCUT2D eigenvalue weighted by Crippen LogP contribution is -2.05. The number of benzene rings is 1.